The number of nitrogens with zero attached hydrogens (tertiary/aromatic N) is 2. The molecule has 1 atom stereocenters. The second-order valence-electron chi connectivity index (χ2n) is 17.9. The zero-order chi connectivity index (χ0) is 40.5. The number of hydrogen-bond acceptors (Lipinski definition) is 3. The van der Waals surface area contributed by atoms with Gasteiger partial charge in [0.15, 0.2) is 0 Å². The zero-order valence-corrected chi connectivity index (χ0v) is 38.5. The Balaban J connectivity index is 0.000000223. The summed E-state index contributed by atoms with van der Waals surface area (Å²) in [5, 5.41) is 3.38. The molecule has 0 saturated heterocycles. The summed E-state index contributed by atoms with van der Waals surface area (Å²) >= 11 is 0. The molecule has 0 saturated carbocycles. The summed E-state index contributed by atoms with van der Waals surface area (Å²) < 4.78 is 33.7. The van der Waals surface area contributed by atoms with Crippen molar-refractivity contribution >= 4 is 35.2 Å². The van der Waals surface area contributed by atoms with E-state index in [9.17, 15) is 8.78 Å². The van der Waals surface area contributed by atoms with Gasteiger partial charge in [0.25, 0.3) is 0 Å². The quantitative estimate of drug-likeness (QED) is 0.113. The molecule has 7 aromatic rings. The van der Waals surface area contributed by atoms with Gasteiger partial charge in [0, 0.05) is 44.0 Å². The van der Waals surface area contributed by atoms with E-state index >= 15 is 0 Å². The van der Waals surface area contributed by atoms with Crippen LogP contribution < -0.4 is 5.19 Å². The fourth-order valence-corrected chi connectivity index (χ4v) is 8.68. The van der Waals surface area contributed by atoms with Crippen LogP contribution in [0.5, 0.6) is 0 Å². The fraction of sp³-hybridized carbons (Fsp3) is 0.320. The van der Waals surface area contributed by atoms with Gasteiger partial charge in [-0.1, -0.05) is 121 Å². The van der Waals surface area contributed by atoms with Crippen LogP contribution in [0.25, 0.3) is 55.6 Å². The van der Waals surface area contributed by atoms with Crippen LogP contribution in [0.4, 0.5) is 8.78 Å². The van der Waals surface area contributed by atoms with Gasteiger partial charge in [-0.3, -0.25) is 0 Å². The summed E-state index contributed by atoms with van der Waals surface area (Å²) in [4.78, 5) is 9.39. The average Bonchev–Trinajstić information content (AvgIpc) is 3.51. The number of aromatic nitrogens is 2. The van der Waals surface area contributed by atoms with Crippen LogP contribution in [-0.2, 0) is 31.9 Å². The molecule has 1 unspecified atom stereocenters. The van der Waals surface area contributed by atoms with Gasteiger partial charge in [0.1, 0.15) is 17.2 Å². The van der Waals surface area contributed by atoms with Gasteiger partial charge in [-0.15, -0.1) is 53.6 Å². The second-order valence-corrected chi connectivity index (χ2v) is 22.9. The van der Waals surface area contributed by atoms with E-state index in [2.05, 4.69) is 129 Å². The van der Waals surface area contributed by atoms with Crippen molar-refractivity contribution in [3.8, 4) is 33.6 Å². The molecule has 0 N–H and O–H groups in total. The van der Waals surface area contributed by atoms with Gasteiger partial charge >= 0.3 is 0 Å². The van der Waals surface area contributed by atoms with Gasteiger partial charge in [0.2, 0.25) is 0 Å². The van der Waals surface area contributed by atoms with E-state index in [0.717, 1.165) is 45.8 Å². The Kier molecular flexibility index (Phi) is 13.6. The molecule has 299 valence electrons. The molecule has 7 rings (SSSR count). The first-order valence-electron chi connectivity index (χ1n) is 19.7. The van der Waals surface area contributed by atoms with Crippen molar-refractivity contribution < 1.29 is 33.3 Å². The number of halogens is 2. The molecule has 57 heavy (non-hydrogen) atoms. The van der Waals surface area contributed by atoms with Crippen LogP contribution in [0.3, 0.4) is 0 Å². The smallest absolute Gasteiger partial charge is 0.126 e. The van der Waals surface area contributed by atoms with E-state index in [-0.39, 0.29) is 25.5 Å². The molecular weight excluding hydrogens is 903 g/mol. The molecular formula is C50H54F2IrN2OSi-2. The Morgan fingerprint density at radius 3 is 2.09 bits per heavy atom. The Labute approximate surface area is 352 Å². The minimum atomic E-state index is -1.38. The van der Waals surface area contributed by atoms with E-state index in [0.29, 0.717) is 40.0 Å². The summed E-state index contributed by atoms with van der Waals surface area (Å²) in [5.74, 6) is 0.356. The van der Waals surface area contributed by atoms with E-state index in [1.54, 1.807) is 0 Å². The van der Waals surface area contributed by atoms with Crippen molar-refractivity contribution in [2.45, 2.75) is 92.8 Å². The largest absolute Gasteiger partial charge is 0.501 e. The molecule has 7 heteroatoms. The molecule has 1 radical (unpaired) electrons. The van der Waals surface area contributed by atoms with Gasteiger partial charge in [-0.2, -0.15) is 0 Å². The van der Waals surface area contributed by atoms with Crippen LogP contribution in [0.15, 0.2) is 102 Å². The average molecular weight is 957 g/mol. The van der Waals surface area contributed by atoms with Gasteiger partial charge in [-0.25, -0.2) is 8.78 Å². The van der Waals surface area contributed by atoms with Crippen molar-refractivity contribution in [1.82, 2.24) is 9.97 Å². The molecule has 3 aromatic heterocycles. The molecule has 4 aromatic carbocycles. The summed E-state index contributed by atoms with van der Waals surface area (Å²) in [7, 11) is -1.38. The molecule has 0 fully saturated rings. The number of furan rings is 1. The molecule has 0 bridgehead atoms. The minimum Gasteiger partial charge on any atom is -0.501 e. The predicted octanol–water partition coefficient (Wildman–Crippen LogP) is 13.7. The van der Waals surface area contributed by atoms with Gasteiger partial charge < -0.3 is 14.4 Å². The van der Waals surface area contributed by atoms with Crippen LogP contribution in [0, 0.1) is 35.6 Å². The second kappa shape index (κ2) is 17.7. The van der Waals surface area contributed by atoms with Gasteiger partial charge in [0.05, 0.1) is 13.7 Å². The molecule has 0 amide bonds. The first-order valence-corrected chi connectivity index (χ1v) is 23.2. The molecule has 0 spiro atoms. The Morgan fingerprint density at radius 1 is 0.737 bits per heavy atom. The number of benzene rings is 4. The standard InChI is InChI=1S/C28H22F2NO.C22H32NSi.Ir/c1-16(2)17(3)18-9-10-31-26(13-18)25-6-4-5-24-23-8-7-19(14-27(23)32-28(24)25)20-11-21(29)15-22(30)12-20;1-16(2)12-18-14-20(23-15-21(18)24(6,7)8)17-10-9-11-19(13-17)22(3,4)5;/h4-5,7-17H,1-3H3;9,11,13-16H,12H2,1-8H3;/q2*-1;. The summed E-state index contributed by atoms with van der Waals surface area (Å²) in [5.41, 5.74) is 10.4. The molecule has 0 aliphatic carbocycles. The van der Waals surface area contributed by atoms with Crippen LogP contribution in [0.2, 0.25) is 19.6 Å². The van der Waals surface area contributed by atoms with Crippen molar-refractivity contribution in [3.05, 3.63) is 138 Å². The maximum atomic E-state index is 13.7. The maximum Gasteiger partial charge on any atom is 0.126 e. The van der Waals surface area contributed by atoms with Gasteiger partial charge in [-0.05, 0) is 81.6 Å². The topological polar surface area (TPSA) is 38.9 Å². The van der Waals surface area contributed by atoms with E-state index in [4.69, 9.17) is 9.40 Å². The number of hydrogen-bond donors (Lipinski definition) is 0. The van der Waals surface area contributed by atoms with Crippen molar-refractivity contribution in [1.29, 1.82) is 0 Å². The Morgan fingerprint density at radius 2 is 1.44 bits per heavy atom. The fourth-order valence-electron chi connectivity index (χ4n) is 7.09. The molecule has 0 aliphatic heterocycles. The monoisotopic (exact) mass is 957 g/mol. The maximum absolute atomic E-state index is 13.7. The zero-order valence-electron chi connectivity index (χ0n) is 35.1. The number of fused-ring (bicyclic) bond motifs is 3. The van der Waals surface area contributed by atoms with Crippen molar-refractivity contribution in [3.63, 3.8) is 0 Å². The Hall–Kier alpha value is -4.29. The van der Waals surface area contributed by atoms with Crippen LogP contribution in [0.1, 0.15) is 78.0 Å². The summed E-state index contributed by atoms with van der Waals surface area (Å²) in [6.45, 7) is 25.2. The van der Waals surface area contributed by atoms with Crippen molar-refractivity contribution in [2.75, 3.05) is 0 Å². The van der Waals surface area contributed by atoms with Crippen LogP contribution >= 0.6 is 0 Å². The first-order chi connectivity index (χ1) is 26.4. The van der Waals surface area contributed by atoms with Crippen LogP contribution in [-0.4, -0.2) is 18.0 Å². The first kappa shape index (κ1) is 43.8. The normalized spacial score (nSPS) is 12.5. The third kappa shape index (κ3) is 10.2. The SMILES string of the molecule is CC(C)C(C)c1ccnc(-c2[c-]ccc3c2oc2cc(-c4cc(F)cc(F)c4)ccc23)c1.CC(C)Cc1cc(-c2[c-]ccc(C(C)(C)C)c2)ncc1[Si](C)(C)C.[Ir]. The molecule has 0 aliphatic rings. The number of rotatable bonds is 8. The predicted molar refractivity (Wildman–Crippen MR) is 233 cm³/mol. The number of pyridine rings is 2. The van der Waals surface area contributed by atoms with Crippen molar-refractivity contribution in [2.24, 2.45) is 11.8 Å². The third-order valence-electron chi connectivity index (χ3n) is 10.6. The van der Waals surface area contributed by atoms with E-state index in [1.807, 2.05) is 42.6 Å². The van der Waals surface area contributed by atoms with E-state index < -0.39 is 19.7 Å². The Bertz CT molecular complexity index is 2470. The summed E-state index contributed by atoms with van der Waals surface area (Å²) in [6.07, 6.45) is 5.08. The third-order valence-corrected chi connectivity index (χ3v) is 12.6. The minimum absolute atomic E-state index is 0. The molecule has 3 heterocycles. The van der Waals surface area contributed by atoms with E-state index in [1.165, 1.54) is 34.0 Å². The summed E-state index contributed by atoms with van der Waals surface area (Å²) in [6, 6.07) is 32.5. The molecule has 3 nitrogen and oxygen atoms in total.